The van der Waals surface area contributed by atoms with Gasteiger partial charge in [0.1, 0.15) is 0 Å². The average molecular weight is 286 g/mol. The first kappa shape index (κ1) is 14.6. The van der Waals surface area contributed by atoms with Crippen LogP contribution in [0.25, 0.3) is 0 Å². The van der Waals surface area contributed by atoms with E-state index in [1.54, 1.807) is 0 Å². The summed E-state index contributed by atoms with van der Waals surface area (Å²) in [5.41, 5.74) is 1.23. The molecule has 1 N–H and O–H groups in total. The molecule has 1 amide bonds. The fourth-order valence-corrected chi connectivity index (χ4v) is 3.41. The Morgan fingerprint density at radius 3 is 2.52 bits per heavy atom. The maximum absolute atomic E-state index is 12.8. The van der Waals surface area contributed by atoms with Crippen molar-refractivity contribution in [1.82, 2.24) is 10.2 Å². The maximum Gasteiger partial charge on any atom is 0.241 e. The highest BCUT2D eigenvalue weighted by Crippen LogP contribution is 2.30. The zero-order valence-electron chi connectivity index (χ0n) is 13.1. The van der Waals surface area contributed by atoms with Gasteiger partial charge in [0.15, 0.2) is 0 Å². The molecule has 1 heterocycles. The number of nitrogens with one attached hydrogen (secondary N) is 1. The molecule has 2 fully saturated rings. The molecule has 2 unspecified atom stereocenters. The standard InChI is InChI=1S/C18H26N2O/c1-13(2)17-19-16(11-14-7-4-3-5-8-14)18(21)20(17)12-15-9-6-10-15/h3-5,7-8,13,15-17,19H,6,9-12H2,1-2H3. The third kappa shape index (κ3) is 3.13. The molecule has 0 bridgehead atoms. The maximum atomic E-state index is 12.8. The van der Waals surface area contributed by atoms with Crippen molar-refractivity contribution in [3.8, 4) is 0 Å². The minimum Gasteiger partial charge on any atom is -0.325 e. The van der Waals surface area contributed by atoms with Crippen LogP contribution in [0.5, 0.6) is 0 Å². The van der Waals surface area contributed by atoms with Gasteiger partial charge in [0.2, 0.25) is 5.91 Å². The van der Waals surface area contributed by atoms with Gasteiger partial charge in [0, 0.05) is 6.54 Å². The van der Waals surface area contributed by atoms with Gasteiger partial charge >= 0.3 is 0 Å². The summed E-state index contributed by atoms with van der Waals surface area (Å²) in [6.07, 6.45) is 4.91. The van der Waals surface area contributed by atoms with E-state index in [0.29, 0.717) is 11.8 Å². The van der Waals surface area contributed by atoms with Gasteiger partial charge in [-0.15, -0.1) is 0 Å². The molecule has 1 aliphatic carbocycles. The van der Waals surface area contributed by atoms with E-state index in [0.717, 1.165) is 18.9 Å². The summed E-state index contributed by atoms with van der Waals surface area (Å²) < 4.78 is 0. The van der Waals surface area contributed by atoms with Gasteiger partial charge < -0.3 is 4.90 Å². The number of rotatable bonds is 5. The molecule has 1 aromatic carbocycles. The monoisotopic (exact) mass is 286 g/mol. The molecule has 2 aliphatic rings. The smallest absolute Gasteiger partial charge is 0.241 e. The van der Waals surface area contributed by atoms with E-state index >= 15 is 0 Å². The lowest BCUT2D eigenvalue weighted by Gasteiger charge is -2.34. The van der Waals surface area contributed by atoms with Crippen molar-refractivity contribution in [2.24, 2.45) is 11.8 Å². The first-order chi connectivity index (χ1) is 10.1. The van der Waals surface area contributed by atoms with Crippen LogP contribution in [0.2, 0.25) is 0 Å². The summed E-state index contributed by atoms with van der Waals surface area (Å²) in [6.45, 7) is 5.34. The molecule has 1 saturated heterocycles. The second-order valence-electron chi connectivity index (χ2n) is 6.89. The van der Waals surface area contributed by atoms with Crippen LogP contribution >= 0.6 is 0 Å². The van der Waals surface area contributed by atoms with Crippen LogP contribution in [0.3, 0.4) is 0 Å². The molecule has 114 valence electrons. The summed E-state index contributed by atoms with van der Waals surface area (Å²) in [7, 11) is 0. The summed E-state index contributed by atoms with van der Waals surface area (Å²) in [6, 6.07) is 10.3. The van der Waals surface area contributed by atoms with Crippen molar-refractivity contribution in [2.75, 3.05) is 6.54 Å². The van der Waals surface area contributed by atoms with E-state index in [1.807, 2.05) is 18.2 Å². The number of carbonyl (C=O) groups excluding carboxylic acids is 1. The molecule has 1 aliphatic heterocycles. The van der Waals surface area contributed by atoms with Crippen LogP contribution in [0.4, 0.5) is 0 Å². The predicted molar refractivity (Wildman–Crippen MR) is 84.7 cm³/mol. The fraction of sp³-hybridized carbons (Fsp3) is 0.611. The van der Waals surface area contributed by atoms with Crippen molar-refractivity contribution >= 4 is 5.91 Å². The number of benzene rings is 1. The summed E-state index contributed by atoms with van der Waals surface area (Å²) in [5.74, 6) is 1.48. The van der Waals surface area contributed by atoms with Crippen LogP contribution < -0.4 is 5.32 Å². The van der Waals surface area contributed by atoms with E-state index < -0.39 is 0 Å². The Bertz CT molecular complexity index is 481. The third-order valence-corrected chi connectivity index (χ3v) is 4.88. The highest BCUT2D eigenvalue weighted by Gasteiger charge is 2.41. The zero-order chi connectivity index (χ0) is 14.8. The lowest BCUT2D eigenvalue weighted by atomic mass is 9.85. The quantitative estimate of drug-likeness (QED) is 0.902. The first-order valence-electron chi connectivity index (χ1n) is 8.25. The largest absolute Gasteiger partial charge is 0.325 e. The molecule has 0 aromatic heterocycles. The summed E-state index contributed by atoms with van der Waals surface area (Å²) in [4.78, 5) is 14.9. The summed E-state index contributed by atoms with van der Waals surface area (Å²) in [5, 5.41) is 3.57. The van der Waals surface area contributed by atoms with Gasteiger partial charge in [-0.2, -0.15) is 0 Å². The molecule has 21 heavy (non-hydrogen) atoms. The number of amides is 1. The predicted octanol–water partition coefficient (Wildman–Crippen LogP) is 2.81. The van der Waals surface area contributed by atoms with E-state index in [-0.39, 0.29) is 12.2 Å². The molecule has 3 nitrogen and oxygen atoms in total. The van der Waals surface area contributed by atoms with E-state index in [9.17, 15) is 4.79 Å². The zero-order valence-corrected chi connectivity index (χ0v) is 13.1. The summed E-state index contributed by atoms with van der Waals surface area (Å²) >= 11 is 0. The highest BCUT2D eigenvalue weighted by atomic mass is 16.2. The lowest BCUT2D eigenvalue weighted by molar-refractivity contribution is -0.131. The molecule has 3 heteroatoms. The molecular formula is C18H26N2O. The normalized spacial score (nSPS) is 26.4. The van der Waals surface area contributed by atoms with Gasteiger partial charge in [0.05, 0.1) is 12.2 Å². The van der Waals surface area contributed by atoms with Crippen LogP contribution in [0.1, 0.15) is 38.7 Å². The van der Waals surface area contributed by atoms with E-state index in [2.05, 4.69) is 36.2 Å². The van der Waals surface area contributed by atoms with Crippen LogP contribution in [0.15, 0.2) is 30.3 Å². The number of hydrogen-bond acceptors (Lipinski definition) is 2. The minimum atomic E-state index is -0.0557. The van der Waals surface area contributed by atoms with Crippen LogP contribution in [-0.2, 0) is 11.2 Å². The Hall–Kier alpha value is -1.35. The van der Waals surface area contributed by atoms with Gasteiger partial charge in [-0.3, -0.25) is 10.1 Å². The van der Waals surface area contributed by atoms with Gasteiger partial charge in [-0.25, -0.2) is 0 Å². The molecule has 1 saturated carbocycles. The number of hydrogen-bond donors (Lipinski definition) is 1. The molecular weight excluding hydrogens is 260 g/mol. The number of carbonyl (C=O) groups is 1. The number of nitrogens with zero attached hydrogens (tertiary/aromatic N) is 1. The molecule has 1 aromatic rings. The Kier molecular flexibility index (Phi) is 4.29. The van der Waals surface area contributed by atoms with Crippen molar-refractivity contribution in [3.05, 3.63) is 35.9 Å². The minimum absolute atomic E-state index is 0.0557. The van der Waals surface area contributed by atoms with Crippen molar-refractivity contribution in [3.63, 3.8) is 0 Å². The lowest BCUT2D eigenvalue weighted by Crippen LogP contribution is -2.44. The Morgan fingerprint density at radius 1 is 1.24 bits per heavy atom. The van der Waals surface area contributed by atoms with E-state index in [1.165, 1.54) is 24.8 Å². The van der Waals surface area contributed by atoms with Crippen LogP contribution in [0, 0.1) is 11.8 Å². The Balaban J connectivity index is 1.69. The van der Waals surface area contributed by atoms with Gasteiger partial charge in [-0.05, 0) is 36.7 Å². The third-order valence-electron chi connectivity index (χ3n) is 4.88. The average Bonchev–Trinajstić information content (AvgIpc) is 2.73. The van der Waals surface area contributed by atoms with Crippen molar-refractivity contribution in [2.45, 2.75) is 51.7 Å². The second-order valence-corrected chi connectivity index (χ2v) is 6.89. The SMILES string of the molecule is CC(C)C1NC(Cc2ccccc2)C(=O)N1CC1CCC1. The molecule has 0 spiro atoms. The molecule has 2 atom stereocenters. The van der Waals surface area contributed by atoms with Crippen LogP contribution in [-0.4, -0.2) is 29.6 Å². The Morgan fingerprint density at radius 2 is 1.95 bits per heavy atom. The van der Waals surface area contributed by atoms with E-state index in [4.69, 9.17) is 0 Å². The van der Waals surface area contributed by atoms with Gasteiger partial charge in [0.25, 0.3) is 0 Å². The van der Waals surface area contributed by atoms with Crippen molar-refractivity contribution < 1.29 is 4.79 Å². The van der Waals surface area contributed by atoms with Gasteiger partial charge in [-0.1, -0.05) is 50.6 Å². The molecule has 3 rings (SSSR count). The Labute approximate surface area is 127 Å². The first-order valence-corrected chi connectivity index (χ1v) is 8.25. The topological polar surface area (TPSA) is 32.3 Å². The second kappa shape index (κ2) is 6.18. The highest BCUT2D eigenvalue weighted by molar-refractivity contribution is 5.84. The van der Waals surface area contributed by atoms with Crippen molar-refractivity contribution in [1.29, 1.82) is 0 Å². The molecule has 0 radical (unpaired) electrons. The fourth-order valence-electron chi connectivity index (χ4n) is 3.41.